The minimum Gasteiger partial charge on any atom is -0.340 e. The molecule has 10 nitrogen and oxygen atoms in total. The first-order chi connectivity index (χ1) is 15.5. The van der Waals surface area contributed by atoms with Gasteiger partial charge in [0.15, 0.2) is 0 Å². The molecule has 0 aliphatic heterocycles. The van der Waals surface area contributed by atoms with Crippen molar-refractivity contribution in [1.29, 1.82) is 0 Å². The van der Waals surface area contributed by atoms with Gasteiger partial charge in [-0.15, -0.1) is 0 Å². The largest absolute Gasteiger partial charge is 0.340 e. The van der Waals surface area contributed by atoms with E-state index in [-0.39, 0.29) is 23.1 Å². The van der Waals surface area contributed by atoms with E-state index >= 15 is 0 Å². The van der Waals surface area contributed by atoms with Gasteiger partial charge in [-0.3, -0.25) is 0 Å². The molecule has 0 aliphatic carbocycles. The molecule has 12 heteroatoms. The standard InChI is InChI=1S/C21H26N6O4S2/c1-4-32(28,29)24-13-16-6-9-17(10-7-16)25-20-15(3)12-23-21(27-20)26-18-8-5-14(2)19(11-18)33(22,30)31/h5-12,24H,4,13H2,1-3H3,(H2,22,30,31)(H2,23,25,26,27). The van der Waals surface area contributed by atoms with Crippen molar-refractivity contribution in [2.24, 2.45) is 5.14 Å². The monoisotopic (exact) mass is 490 g/mol. The van der Waals surface area contributed by atoms with Crippen molar-refractivity contribution in [1.82, 2.24) is 14.7 Å². The van der Waals surface area contributed by atoms with Gasteiger partial charge in [0, 0.05) is 29.7 Å². The summed E-state index contributed by atoms with van der Waals surface area (Å²) >= 11 is 0. The Morgan fingerprint density at radius 1 is 0.909 bits per heavy atom. The second-order valence-corrected chi connectivity index (χ2v) is 11.0. The molecule has 0 spiro atoms. The van der Waals surface area contributed by atoms with Crippen LogP contribution in [0.5, 0.6) is 0 Å². The molecule has 0 radical (unpaired) electrons. The number of nitrogens with zero attached hydrogens (tertiary/aromatic N) is 2. The zero-order chi connectivity index (χ0) is 24.2. The quantitative estimate of drug-likeness (QED) is 0.357. The van der Waals surface area contributed by atoms with Gasteiger partial charge in [-0.1, -0.05) is 18.2 Å². The maximum atomic E-state index is 11.8. The fourth-order valence-corrected chi connectivity index (χ4v) is 4.28. The van der Waals surface area contributed by atoms with Crippen LogP contribution in [0.25, 0.3) is 0 Å². The van der Waals surface area contributed by atoms with E-state index in [4.69, 9.17) is 5.14 Å². The number of aromatic nitrogens is 2. The second kappa shape index (κ2) is 9.83. The van der Waals surface area contributed by atoms with Gasteiger partial charge < -0.3 is 10.6 Å². The molecule has 1 aromatic heterocycles. The summed E-state index contributed by atoms with van der Waals surface area (Å²) in [6.07, 6.45) is 1.64. The lowest BCUT2D eigenvalue weighted by Crippen LogP contribution is -2.24. The number of primary sulfonamides is 1. The lowest BCUT2D eigenvalue weighted by Gasteiger charge is -2.12. The highest BCUT2D eigenvalue weighted by atomic mass is 32.2. The summed E-state index contributed by atoms with van der Waals surface area (Å²) in [6.45, 7) is 5.32. The highest BCUT2D eigenvalue weighted by molar-refractivity contribution is 7.89. The van der Waals surface area contributed by atoms with Gasteiger partial charge in [0.2, 0.25) is 26.0 Å². The van der Waals surface area contributed by atoms with E-state index in [9.17, 15) is 16.8 Å². The first-order valence-corrected chi connectivity index (χ1v) is 13.2. The lowest BCUT2D eigenvalue weighted by atomic mass is 10.2. The van der Waals surface area contributed by atoms with Crippen LogP contribution < -0.4 is 20.5 Å². The molecular weight excluding hydrogens is 464 g/mol. The van der Waals surface area contributed by atoms with Crippen molar-refractivity contribution >= 4 is 43.2 Å². The van der Waals surface area contributed by atoms with E-state index in [0.717, 1.165) is 16.8 Å². The Labute approximate surface area is 193 Å². The SMILES string of the molecule is CCS(=O)(=O)NCc1ccc(Nc2nc(Nc3ccc(C)c(S(N)(=O)=O)c3)ncc2C)cc1. The average Bonchev–Trinajstić information content (AvgIpc) is 2.76. The van der Waals surface area contributed by atoms with Crippen LogP contribution >= 0.6 is 0 Å². The van der Waals surface area contributed by atoms with Crippen LogP contribution in [0.15, 0.2) is 53.6 Å². The van der Waals surface area contributed by atoms with E-state index in [0.29, 0.717) is 17.1 Å². The van der Waals surface area contributed by atoms with Gasteiger partial charge in [-0.25, -0.2) is 31.7 Å². The van der Waals surface area contributed by atoms with Crippen LogP contribution in [0.3, 0.4) is 0 Å². The van der Waals surface area contributed by atoms with Gasteiger partial charge in [-0.05, 0) is 56.2 Å². The number of benzene rings is 2. The molecule has 33 heavy (non-hydrogen) atoms. The van der Waals surface area contributed by atoms with Crippen LogP contribution in [0.4, 0.5) is 23.1 Å². The normalized spacial score (nSPS) is 11.9. The van der Waals surface area contributed by atoms with Crippen molar-refractivity contribution in [2.75, 3.05) is 16.4 Å². The molecule has 0 atom stereocenters. The topological polar surface area (TPSA) is 156 Å². The van der Waals surface area contributed by atoms with Gasteiger partial charge >= 0.3 is 0 Å². The molecular formula is C21H26N6O4S2. The molecule has 0 unspecified atom stereocenters. The summed E-state index contributed by atoms with van der Waals surface area (Å²) in [6, 6.07) is 12.1. The Kier molecular flexibility index (Phi) is 7.32. The van der Waals surface area contributed by atoms with E-state index in [1.807, 2.05) is 31.2 Å². The van der Waals surface area contributed by atoms with Crippen molar-refractivity contribution in [2.45, 2.75) is 32.2 Å². The number of aryl methyl sites for hydroxylation is 2. The summed E-state index contributed by atoms with van der Waals surface area (Å²) < 4.78 is 49.2. The molecule has 0 fully saturated rings. The van der Waals surface area contributed by atoms with E-state index in [1.165, 1.54) is 6.07 Å². The van der Waals surface area contributed by atoms with Crippen LogP contribution in [-0.2, 0) is 26.6 Å². The molecule has 0 bridgehead atoms. The minimum absolute atomic E-state index is 0.0271. The smallest absolute Gasteiger partial charge is 0.238 e. The predicted octanol–water partition coefficient (Wildman–Crippen LogP) is 2.67. The zero-order valence-electron chi connectivity index (χ0n) is 18.5. The summed E-state index contributed by atoms with van der Waals surface area (Å²) in [4.78, 5) is 8.75. The minimum atomic E-state index is -3.85. The molecule has 5 N–H and O–H groups in total. The second-order valence-electron chi connectivity index (χ2n) is 7.42. The highest BCUT2D eigenvalue weighted by Crippen LogP contribution is 2.24. The third kappa shape index (κ3) is 6.71. The molecule has 1 heterocycles. The third-order valence-corrected chi connectivity index (χ3v) is 7.21. The summed E-state index contributed by atoms with van der Waals surface area (Å²) in [5.41, 5.74) is 3.41. The third-order valence-electron chi connectivity index (χ3n) is 4.82. The zero-order valence-corrected chi connectivity index (χ0v) is 20.1. The van der Waals surface area contributed by atoms with E-state index in [2.05, 4.69) is 25.3 Å². The molecule has 0 saturated heterocycles. The maximum Gasteiger partial charge on any atom is 0.238 e. The van der Waals surface area contributed by atoms with Crippen LogP contribution in [0.2, 0.25) is 0 Å². The van der Waals surface area contributed by atoms with Crippen molar-refractivity contribution in [3.63, 3.8) is 0 Å². The van der Waals surface area contributed by atoms with E-state index < -0.39 is 20.0 Å². The first kappa shape index (κ1) is 24.6. The van der Waals surface area contributed by atoms with E-state index in [1.54, 1.807) is 32.2 Å². The van der Waals surface area contributed by atoms with Crippen molar-refractivity contribution in [3.8, 4) is 0 Å². The van der Waals surface area contributed by atoms with Crippen LogP contribution in [0.1, 0.15) is 23.6 Å². The molecule has 2 aromatic carbocycles. The lowest BCUT2D eigenvalue weighted by molar-refractivity contribution is 0.582. The predicted molar refractivity (Wildman–Crippen MR) is 129 cm³/mol. The number of nitrogens with two attached hydrogens (primary N) is 1. The fraction of sp³-hybridized carbons (Fsp3) is 0.238. The Bertz CT molecular complexity index is 1360. The first-order valence-electron chi connectivity index (χ1n) is 10.0. The summed E-state index contributed by atoms with van der Waals surface area (Å²) in [5, 5.41) is 11.5. The maximum absolute atomic E-state index is 11.8. The van der Waals surface area contributed by atoms with Crippen molar-refractivity contribution < 1.29 is 16.8 Å². The summed E-state index contributed by atoms with van der Waals surface area (Å²) in [5.74, 6) is 0.866. The van der Waals surface area contributed by atoms with Gasteiger partial charge in [0.05, 0.1) is 10.6 Å². The number of rotatable bonds is 9. The Balaban J connectivity index is 1.75. The van der Waals surface area contributed by atoms with Gasteiger partial charge in [0.1, 0.15) is 5.82 Å². The molecule has 3 rings (SSSR count). The number of sulfonamides is 2. The van der Waals surface area contributed by atoms with Crippen LogP contribution in [0, 0.1) is 13.8 Å². The van der Waals surface area contributed by atoms with Gasteiger partial charge in [-0.2, -0.15) is 4.98 Å². The van der Waals surface area contributed by atoms with Crippen molar-refractivity contribution in [3.05, 3.63) is 65.4 Å². The molecule has 3 aromatic rings. The number of anilines is 4. The molecule has 0 amide bonds. The number of nitrogens with one attached hydrogen (secondary N) is 3. The Hall–Kier alpha value is -3.06. The molecule has 0 aliphatic rings. The molecule has 0 saturated carbocycles. The van der Waals surface area contributed by atoms with Crippen LogP contribution in [-0.4, -0.2) is 32.6 Å². The summed E-state index contributed by atoms with van der Waals surface area (Å²) in [7, 11) is -7.11. The molecule has 176 valence electrons. The number of hydrogen-bond donors (Lipinski definition) is 4. The Morgan fingerprint density at radius 2 is 1.58 bits per heavy atom. The highest BCUT2D eigenvalue weighted by Gasteiger charge is 2.13. The van der Waals surface area contributed by atoms with Gasteiger partial charge in [0.25, 0.3) is 0 Å². The number of hydrogen-bond acceptors (Lipinski definition) is 8. The average molecular weight is 491 g/mol. The fourth-order valence-electron chi connectivity index (χ4n) is 2.88. The Morgan fingerprint density at radius 3 is 2.21 bits per heavy atom.